The summed E-state index contributed by atoms with van der Waals surface area (Å²) in [6.45, 7) is 4.70. The van der Waals surface area contributed by atoms with Crippen LogP contribution >= 0.6 is 0 Å². The molecule has 0 saturated carbocycles. The third-order valence-electron chi connectivity index (χ3n) is 6.15. The van der Waals surface area contributed by atoms with Crippen molar-refractivity contribution in [1.29, 1.82) is 0 Å². The molecule has 3 rings (SSSR count). The SMILES string of the molecule is CC(=O)Nc1ccccc1N(O)C(=O)CN1CC[N+](C)(CC(=O)N(O)c2ccccc2NC(C)=O)CC1. The Bertz CT molecular complexity index is 1160. The predicted molar refractivity (Wildman–Crippen MR) is 137 cm³/mol. The number of rotatable bonds is 8. The maximum atomic E-state index is 12.9. The van der Waals surface area contributed by atoms with E-state index in [1.165, 1.54) is 26.0 Å². The highest BCUT2D eigenvalue weighted by molar-refractivity contribution is 6.00. The smallest absolute Gasteiger partial charge is 0.305 e. The van der Waals surface area contributed by atoms with Crippen LogP contribution in [0.3, 0.4) is 0 Å². The number of hydrogen-bond donors (Lipinski definition) is 4. The molecule has 4 amide bonds. The molecule has 0 aliphatic carbocycles. The quantitative estimate of drug-likeness (QED) is 0.238. The number of benzene rings is 2. The Morgan fingerprint density at radius 3 is 1.70 bits per heavy atom. The third-order valence-corrected chi connectivity index (χ3v) is 6.15. The molecular formula is C25H33N6O6+. The number of nitrogens with zero attached hydrogens (tertiary/aromatic N) is 4. The number of carbonyl (C=O) groups is 4. The van der Waals surface area contributed by atoms with E-state index >= 15 is 0 Å². The van der Waals surface area contributed by atoms with Gasteiger partial charge in [0.15, 0.2) is 6.54 Å². The van der Waals surface area contributed by atoms with Gasteiger partial charge in [-0.15, -0.1) is 0 Å². The molecule has 1 aliphatic heterocycles. The number of nitrogens with one attached hydrogen (secondary N) is 2. The van der Waals surface area contributed by atoms with Crippen molar-refractivity contribution in [2.24, 2.45) is 0 Å². The number of hydrogen-bond acceptors (Lipinski definition) is 7. The molecule has 0 unspecified atom stereocenters. The summed E-state index contributed by atoms with van der Waals surface area (Å²) in [5.41, 5.74) is 1.00. The first kappa shape index (κ1) is 27.7. The Balaban J connectivity index is 1.57. The van der Waals surface area contributed by atoms with Crippen molar-refractivity contribution < 1.29 is 34.1 Å². The first-order chi connectivity index (χ1) is 17.5. The fraction of sp³-hybridized carbons (Fsp3) is 0.360. The standard InChI is InChI=1S/C25H32N6O6/c1-18(32)26-20-8-4-6-10-22(20)29(36)24(34)16-28-12-14-31(3,15-13-28)17-25(35)30(37)23-11-7-5-9-21(23)27-19(2)33/h4-11,36-37H,12-17H2,1-3H3,(H-,26,27,32,33)/p+1. The average Bonchev–Trinajstić information content (AvgIpc) is 2.84. The Morgan fingerprint density at radius 1 is 0.811 bits per heavy atom. The summed E-state index contributed by atoms with van der Waals surface area (Å²) in [6.07, 6.45) is 0. The molecule has 1 fully saturated rings. The van der Waals surface area contributed by atoms with Crippen molar-refractivity contribution in [3.63, 3.8) is 0 Å². The number of anilines is 4. The highest BCUT2D eigenvalue weighted by Crippen LogP contribution is 2.26. The van der Waals surface area contributed by atoms with Gasteiger partial charge in [0.2, 0.25) is 11.8 Å². The van der Waals surface area contributed by atoms with Crippen molar-refractivity contribution in [3.8, 4) is 0 Å². The lowest BCUT2D eigenvalue weighted by molar-refractivity contribution is -0.906. The molecule has 1 saturated heterocycles. The zero-order valence-corrected chi connectivity index (χ0v) is 21.2. The molecule has 0 radical (unpaired) electrons. The van der Waals surface area contributed by atoms with Crippen LogP contribution in [0.15, 0.2) is 48.5 Å². The average molecular weight is 514 g/mol. The summed E-state index contributed by atoms with van der Waals surface area (Å²) in [4.78, 5) is 50.4. The van der Waals surface area contributed by atoms with Crippen LogP contribution in [0.2, 0.25) is 0 Å². The van der Waals surface area contributed by atoms with Gasteiger partial charge in [0, 0.05) is 26.9 Å². The molecule has 12 heteroatoms. The van der Waals surface area contributed by atoms with E-state index in [9.17, 15) is 29.6 Å². The van der Waals surface area contributed by atoms with Crippen molar-refractivity contribution in [1.82, 2.24) is 4.90 Å². The van der Waals surface area contributed by atoms with Crippen molar-refractivity contribution >= 4 is 46.4 Å². The van der Waals surface area contributed by atoms with Crippen LogP contribution in [-0.4, -0.2) is 89.7 Å². The summed E-state index contributed by atoms with van der Waals surface area (Å²) in [5.74, 6) is -1.73. The van der Waals surface area contributed by atoms with Gasteiger partial charge in [0.05, 0.1) is 49.4 Å². The van der Waals surface area contributed by atoms with Gasteiger partial charge in [-0.1, -0.05) is 24.3 Å². The third kappa shape index (κ3) is 7.33. The van der Waals surface area contributed by atoms with Gasteiger partial charge in [-0.25, -0.2) is 0 Å². The van der Waals surface area contributed by atoms with E-state index < -0.39 is 11.8 Å². The van der Waals surface area contributed by atoms with Crippen LogP contribution in [0, 0.1) is 0 Å². The second-order valence-corrected chi connectivity index (χ2v) is 9.31. The van der Waals surface area contributed by atoms with E-state index in [1.54, 1.807) is 36.4 Å². The lowest BCUT2D eigenvalue weighted by atomic mass is 10.2. The van der Waals surface area contributed by atoms with Crippen LogP contribution in [0.4, 0.5) is 22.7 Å². The minimum atomic E-state index is -0.555. The Hall–Kier alpha value is -3.84. The number of piperazine rings is 1. The zero-order valence-electron chi connectivity index (χ0n) is 21.2. The first-order valence-electron chi connectivity index (χ1n) is 11.8. The molecule has 198 valence electrons. The fourth-order valence-corrected chi connectivity index (χ4v) is 4.13. The van der Waals surface area contributed by atoms with Gasteiger partial charge in [0.25, 0.3) is 5.91 Å². The van der Waals surface area contributed by atoms with Gasteiger partial charge < -0.3 is 15.1 Å². The number of para-hydroxylation sites is 4. The summed E-state index contributed by atoms with van der Waals surface area (Å²) in [5, 5.41) is 27.3. The van der Waals surface area contributed by atoms with E-state index in [4.69, 9.17) is 0 Å². The highest BCUT2D eigenvalue weighted by Gasteiger charge is 2.34. The maximum absolute atomic E-state index is 12.9. The topological polar surface area (TPSA) is 143 Å². The lowest BCUT2D eigenvalue weighted by Gasteiger charge is -2.41. The summed E-state index contributed by atoms with van der Waals surface area (Å²) < 4.78 is 0.344. The Kier molecular flexibility index (Phi) is 8.95. The molecule has 12 nitrogen and oxygen atoms in total. The predicted octanol–water partition coefficient (Wildman–Crippen LogP) is 1.51. The van der Waals surface area contributed by atoms with Gasteiger partial charge in [-0.3, -0.25) is 34.5 Å². The van der Waals surface area contributed by atoms with E-state index in [0.717, 1.165) is 0 Å². The van der Waals surface area contributed by atoms with Crippen molar-refractivity contribution in [2.45, 2.75) is 13.8 Å². The Labute approximate surface area is 215 Å². The van der Waals surface area contributed by atoms with Gasteiger partial charge >= 0.3 is 5.91 Å². The van der Waals surface area contributed by atoms with E-state index in [-0.39, 0.29) is 36.3 Å². The van der Waals surface area contributed by atoms with Crippen LogP contribution in [-0.2, 0) is 19.2 Å². The van der Waals surface area contributed by atoms with Crippen LogP contribution in [0.25, 0.3) is 0 Å². The van der Waals surface area contributed by atoms with Gasteiger partial charge in [0.1, 0.15) is 0 Å². The molecule has 0 spiro atoms. The molecule has 37 heavy (non-hydrogen) atoms. The molecule has 0 atom stereocenters. The van der Waals surface area contributed by atoms with Crippen LogP contribution in [0.1, 0.15) is 13.8 Å². The van der Waals surface area contributed by atoms with Crippen molar-refractivity contribution in [2.75, 3.05) is 67.1 Å². The van der Waals surface area contributed by atoms with Gasteiger partial charge in [-0.2, -0.15) is 10.1 Å². The second kappa shape index (κ2) is 11.9. The molecule has 1 aliphatic rings. The van der Waals surface area contributed by atoms with Crippen LogP contribution in [0.5, 0.6) is 0 Å². The number of likely N-dealkylation sites (N-methyl/N-ethyl adjacent to an activating group) is 1. The summed E-state index contributed by atoms with van der Waals surface area (Å²) in [6, 6.07) is 12.9. The molecule has 0 bridgehead atoms. The minimum absolute atomic E-state index is 0.0168. The van der Waals surface area contributed by atoms with E-state index in [2.05, 4.69) is 10.6 Å². The molecule has 4 N–H and O–H groups in total. The normalized spacial score (nSPS) is 14.9. The number of amides is 4. The summed E-state index contributed by atoms with van der Waals surface area (Å²) >= 11 is 0. The summed E-state index contributed by atoms with van der Waals surface area (Å²) in [7, 11) is 1.90. The first-order valence-corrected chi connectivity index (χ1v) is 11.8. The number of quaternary nitrogens is 1. The molecule has 0 aromatic heterocycles. The zero-order chi connectivity index (χ0) is 27.2. The van der Waals surface area contributed by atoms with Crippen LogP contribution < -0.4 is 20.8 Å². The Morgan fingerprint density at radius 2 is 1.24 bits per heavy atom. The fourth-order valence-electron chi connectivity index (χ4n) is 4.13. The number of hydroxylamine groups is 2. The highest BCUT2D eigenvalue weighted by atomic mass is 16.5. The monoisotopic (exact) mass is 513 g/mol. The maximum Gasteiger partial charge on any atom is 0.305 e. The van der Waals surface area contributed by atoms with Gasteiger partial charge in [-0.05, 0) is 24.3 Å². The lowest BCUT2D eigenvalue weighted by Crippen LogP contribution is -2.61. The molecule has 1 heterocycles. The molecular weight excluding hydrogens is 480 g/mol. The van der Waals surface area contributed by atoms with E-state index in [0.29, 0.717) is 52.2 Å². The largest absolute Gasteiger partial charge is 0.324 e. The second-order valence-electron chi connectivity index (χ2n) is 9.31. The molecule has 2 aromatic carbocycles. The minimum Gasteiger partial charge on any atom is -0.324 e. The van der Waals surface area contributed by atoms with Crippen molar-refractivity contribution in [3.05, 3.63) is 48.5 Å². The number of carbonyl (C=O) groups excluding carboxylic acids is 4. The molecule has 2 aromatic rings. The van der Waals surface area contributed by atoms with E-state index in [1.807, 2.05) is 11.9 Å².